The highest BCUT2D eigenvalue weighted by atomic mass is 28.3. The lowest BCUT2D eigenvalue weighted by Crippen LogP contribution is -2.32. The molecule has 2 heteroatoms. The van der Waals surface area contributed by atoms with Gasteiger partial charge in [0.1, 0.15) is 0 Å². The quantitative estimate of drug-likeness (QED) is 0.473. The number of hydrogen-bond donors (Lipinski definition) is 0. The van der Waals surface area contributed by atoms with Crippen molar-refractivity contribution in [1.82, 2.24) is 0 Å². The molecule has 0 amide bonds. The van der Waals surface area contributed by atoms with Crippen LogP contribution in [-0.2, 0) is 0 Å². The second kappa shape index (κ2) is 4.06. The topological polar surface area (TPSA) is 0 Å². The van der Waals surface area contributed by atoms with Crippen molar-refractivity contribution in [3.05, 3.63) is 23.8 Å². The van der Waals surface area contributed by atoms with Gasteiger partial charge in [-0.1, -0.05) is 63.1 Å². The summed E-state index contributed by atoms with van der Waals surface area (Å²) >= 11 is 0. The Balaban J connectivity index is 2.90. The fraction of sp³-hybridized carbons (Fsp3) is 0.692. The van der Waals surface area contributed by atoms with Crippen LogP contribution in [-0.4, -0.2) is 16.1 Å². The molecule has 0 fully saturated rings. The van der Waals surface area contributed by atoms with Crippen LogP contribution < -0.4 is 0 Å². The van der Waals surface area contributed by atoms with Crippen molar-refractivity contribution in [3.63, 3.8) is 0 Å². The van der Waals surface area contributed by atoms with Crippen LogP contribution in [0.4, 0.5) is 0 Å². The minimum absolute atomic E-state index is 0.755. The number of rotatable bonds is 2. The van der Waals surface area contributed by atoms with Crippen LogP contribution in [0.5, 0.6) is 0 Å². The summed E-state index contributed by atoms with van der Waals surface area (Å²) in [5, 5.41) is 0. The van der Waals surface area contributed by atoms with Gasteiger partial charge in [0, 0.05) is 0 Å². The van der Waals surface area contributed by atoms with Crippen molar-refractivity contribution in [2.75, 3.05) is 0 Å². The Morgan fingerprint density at radius 2 is 1.40 bits per heavy atom. The lowest BCUT2D eigenvalue weighted by atomic mass is 10.1. The predicted octanol–water partition coefficient (Wildman–Crippen LogP) is 4.92. The van der Waals surface area contributed by atoms with Gasteiger partial charge in [-0.2, -0.15) is 0 Å². The summed E-state index contributed by atoms with van der Waals surface area (Å²) in [7, 11) is -2.08. The van der Waals surface area contributed by atoms with Crippen molar-refractivity contribution >= 4 is 16.1 Å². The second-order valence-electron chi connectivity index (χ2n) is 7.03. The summed E-state index contributed by atoms with van der Waals surface area (Å²) in [6.45, 7) is 17.1. The normalized spacial score (nSPS) is 27.8. The molecule has 0 aliphatic heterocycles. The van der Waals surface area contributed by atoms with E-state index in [-0.39, 0.29) is 0 Å². The molecule has 1 aliphatic carbocycles. The summed E-state index contributed by atoms with van der Waals surface area (Å²) in [5.41, 5.74) is 3.15. The Kier molecular flexibility index (Phi) is 3.51. The summed E-state index contributed by atoms with van der Waals surface area (Å²) in [4.78, 5) is 0. The average molecular weight is 239 g/mol. The van der Waals surface area contributed by atoms with Crippen LogP contribution >= 0.6 is 0 Å². The molecule has 0 bridgehead atoms. The smallest absolute Gasteiger partial charge is 0.0561 e. The third kappa shape index (κ3) is 3.18. The van der Waals surface area contributed by atoms with E-state index in [0.717, 1.165) is 11.1 Å². The molecule has 1 rings (SSSR count). The van der Waals surface area contributed by atoms with Gasteiger partial charge in [-0.15, -0.1) is 0 Å². The maximum absolute atomic E-state index is 2.55. The van der Waals surface area contributed by atoms with Crippen molar-refractivity contribution in [3.8, 4) is 0 Å². The highest BCUT2D eigenvalue weighted by molar-refractivity contribution is 6.79. The molecular formula is C13H26Si2. The molecule has 0 spiro atoms. The van der Waals surface area contributed by atoms with Gasteiger partial charge in [-0.3, -0.25) is 0 Å². The van der Waals surface area contributed by atoms with E-state index in [0.29, 0.717) is 0 Å². The zero-order valence-corrected chi connectivity index (χ0v) is 13.4. The standard InChI is InChI=1S/C13H26Si2/c1-11-10-12(14(2,3)4)8-9-13(11)15(5,6)7/h8-10,12-13H,1-7H3. The molecule has 15 heavy (non-hydrogen) atoms. The molecule has 1 aliphatic rings. The predicted molar refractivity (Wildman–Crippen MR) is 77.1 cm³/mol. The fourth-order valence-corrected chi connectivity index (χ4v) is 5.94. The first-order valence-electron chi connectivity index (χ1n) is 5.99. The monoisotopic (exact) mass is 238 g/mol. The minimum Gasteiger partial charge on any atom is -0.0840 e. The molecule has 0 heterocycles. The Bertz CT molecular complexity index is 287. The van der Waals surface area contributed by atoms with Crippen LogP contribution in [0.15, 0.2) is 23.8 Å². The molecule has 0 aromatic carbocycles. The Morgan fingerprint density at radius 3 is 1.73 bits per heavy atom. The van der Waals surface area contributed by atoms with Crippen LogP contribution in [0.25, 0.3) is 0 Å². The Morgan fingerprint density at radius 1 is 0.867 bits per heavy atom. The van der Waals surface area contributed by atoms with E-state index in [4.69, 9.17) is 0 Å². The first-order chi connectivity index (χ1) is 6.62. The molecule has 0 saturated carbocycles. The summed E-state index contributed by atoms with van der Waals surface area (Å²) in [6.07, 6.45) is 7.54. The van der Waals surface area contributed by atoms with Gasteiger partial charge in [-0.25, -0.2) is 0 Å². The molecule has 0 aromatic heterocycles. The lowest BCUT2D eigenvalue weighted by Gasteiger charge is -2.34. The molecule has 0 saturated heterocycles. The van der Waals surface area contributed by atoms with Crippen molar-refractivity contribution in [1.29, 1.82) is 0 Å². The molecule has 0 nitrogen and oxygen atoms in total. The SMILES string of the molecule is CC1=CC([Si](C)(C)C)C=CC1[Si](C)(C)C. The van der Waals surface area contributed by atoms with Gasteiger partial charge in [0.05, 0.1) is 16.1 Å². The van der Waals surface area contributed by atoms with Gasteiger partial charge < -0.3 is 0 Å². The van der Waals surface area contributed by atoms with Crippen LogP contribution in [0.2, 0.25) is 50.4 Å². The highest BCUT2D eigenvalue weighted by Crippen LogP contribution is 2.39. The Labute approximate surface area is 97.5 Å². The van der Waals surface area contributed by atoms with Gasteiger partial charge in [0.25, 0.3) is 0 Å². The molecule has 0 N–H and O–H groups in total. The maximum atomic E-state index is 2.55. The van der Waals surface area contributed by atoms with Gasteiger partial charge in [0.15, 0.2) is 0 Å². The lowest BCUT2D eigenvalue weighted by molar-refractivity contribution is 1.04. The van der Waals surface area contributed by atoms with E-state index in [1.54, 1.807) is 5.57 Å². The third-order valence-electron chi connectivity index (χ3n) is 3.38. The van der Waals surface area contributed by atoms with Crippen molar-refractivity contribution in [2.24, 2.45) is 0 Å². The largest absolute Gasteiger partial charge is 0.0840 e. The van der Waals surface area contributed by atoms with Crippen LogP contribution in [0.1, 0.15) is 6.92 Å². The van der Waals surface area contributed by atoms with Gasteiger partial charge in [-0.05, 0) is 18.0 Å². The highest BCUT2D eigenvalue weighted by Gasteiger charge is 2.31. The first-order valence-corrected chi connectivity index (χ1v) is 13.1. The van der Waals surface area contributed by atoms with E-state index >= 15 is 0 Å². The maximum Gasteiger partial charge on any atom is 0.0561 e. The molecule has 2 unspecified atom stereocenters. The van der Waals surface area contributed by atoms with Gasteiger partial charge in [0.2, 0.25) is 0 Å². The first kappa shape index (κ1) is 13.0. The summed E-state index contributed by atoms with van der Waals surface area (Å²) < 4.78 is 0. The summed E-state index contributed by atoms with van der Waals surface area (Å²) in [5.74, 6) is 0. The van der Waals surface area contributed by atoms with E-state index in [1.807, 2.05) is 0 Å². The Hall–Kier alpha value is -0.0862. The van der Waals surface area contributed by atoms with E-state index in [1.165, 1.54) is 0 Å². The van der Waals surface area contributed by atoms with E-state index in [2.05, 4.69) is 64.4 Å². The zero-order chi connectivity index (χ0) is 11.9. The number of hydrogen-bond acceptors (Lipinski definition) is 0. The van der Waals surface area contributed by atoms with E-state index < -0.39 is 16.1 Å². The zero-order valence-electron chi connectivity index (χ0n) is 11.4. The van der Waals surface area contributed by atoms with Crippen molar-refractivity contribution in [2.45, 2.75) is 57.3 Å². The van der Waals surface area contributed by atoms with Crippen molar-refractivity contribution < 1.29 is 0 Å². The van der Waals surface area contributed by atoms with Crippen LogP contribution in [0, 0.1) is 0 Å². The molecule has 0 aromatic rings. The molecule has 86 valence electrons. The summed E-state index contributed by atoms with van der Waals surface area (Å²) in [6, 6.07) is 0. The van der Waals surface area contributed by atoms with E-state index in [9.17, 15) is 0 Å². The second-order valence-corrected chi connectivity index (χ2v) is 17.8. The molecule has 2 atom stereocenters. The minimum atomic E-state index is -1.05. The fourth-order valence-electron chi connectivity index (χ4n) is 2.34. The number of allylic oxidation sites excluding steroid dienone is 4. The van der Waals surface area contributed by atoms with Gasteiger partial charge >= 0.3 is 0 Å². The van der Waals surface area contributed by atoms with Crippen LogP contribution in [0.3, 0.4) is 0 Å². The molecule has 0 radical (unpaired) electrons. The third-order valence-corrected chi connectivity index (χ3v) is 8.25. The molecular weight excluding hydrogens is 212 g/mol. The average Bonchev–Trinajstić information content (AvgIpc) is 1.99.